The summed E-state index contributed by atoms with van der Waals surface area (Å²) in [6.07, 6.45) is 1.58. The lowest BCUT2D eigenvalue weighted by Crippen LogP contribution is -2.24. The van der Waals surface area contributed by atoms with Gasteiger partial charge in [0.1, 0.15) is 0 Å². The van der Waals surface area contributed by atoms with Gasteiger partial charge in [0, 0.05) is 17.5 Å². The summed E-state index contributed by atoms with van der Waals surface area (Å²) >= 11 is 0. The van der Waals surface area contributed by atoms with Crippen LogP contribution in [0.2, 0.25) is 0 Å². The van der Waals surface area contributed by atoms with Crippen LogP contribution in [-0.4, -0.2) is 32.7 Å². The van der Waals surface area contributed by atoms with E-state index >= 15 is 0 Å². The molecule has 1 heterocycles. The molecule has 1 aliphatic heterocycles. The van der Waals surface area contributed by atoms with Crippen molar-refractivity contribution in [3.63, 3.8) is 0 Å². The molecule has 20 heavy (non-hydrogen) atoms. The highest BCUT2D eigenvalue weighted by Crippen LogP contribution is 2.23. The van der Waals surface area contributed by atoms with E-state index in [1.54, 1.807) is 24.3 Å². The lowest BCUT2D eigenvalue weighted by molar-refractivity contribution is 0.0956. The first-order chi connectivity index (χ1) is 9.41. The third-order valence-electron chi connectivity index (χ3n) is 2.92. The molecule has 1 unspecified atom stereocenters. The minimum absolute atomic E-state index is 0.00216. The topological polar surface area (TPSA) is 101 Å². The van der Waals surface area contributed by atoms with Crippen molar-refractivity contribution in [2.75, 3.05) is 23.3 Å². The summed E-state index contributed by atoms with van der Waals surface area (Å²) in [6, 6.07) is 4.55. The Labute approximate surface area is 118 Å². The lowest BCUT2D eigenvalue weighted by atomic mass is 10.1. The first-order valence-corrected chi connectivity index (χ1v) is 7.98. The summed E-state index contributed by atoms with van der Waals surface area (Å²) in [5.41, 5.74) is 7.35. The van der Waals surface area contributed by atoms with Crippen molar-refractivity contribution in [3.8, 4) is 0 Å². The molecular formula is C13H17N3O3S. The molecule has 7 heteroatoms. The number of anilines is 2. The Morgan fingerprint density at radius 2 is 2.20 bits per heavy atom. The van der Waals surface area contributed by atoms with Gasteiger partial charge in [-0.1, -0.05) is 6.08 Å². The minimum atomic E-state index is -3.13. The maximum Gasteiger partial charge on any atom is 0.251 e. The number of carbonyl (C=O) groups is 1. The van der Waals surface area contributed by atoms with E-state index in [0.29, 0.717) is 23.5 Å². The van der Waals surface area contributed by atoms with Crippen LogP contribution in [0.25, 0.3) is 0 Å². The minimum Gasteiger partial charge on any atom is -0.397 e. The Kier molecular flexibility index (Phi) is 3.99. The molecule has 1 atom stereocenters. The van der Waals surface area contributed by atoms with E-state index in [0.717, 1.165) is 0 Å². The van der Waals surface area contributed by atoms with Crippen LogP contribution in [0.1, 0.15) is 17.3 Å². The maximum atomic E-state index is 11.8. The van der Waals surface area contributed by atoms with Gasteiger partial charge in [-0.15, -0.1) is 0 Å². The van der Waals surface area contributed by atoms with Gasteiger partial charge in [0.15, 0.2) is 9.84 Å². The van der Waals surface area contributed by atoms with E-state index in [-0.39, 0.29) is 17.7 Å². The Hall–Kier alpha value is -2.02. The zero-order chi connectivity index (χ0) is 14.8. The maximum absolute atomic E-state index is 11.8. The number of amides is 1. The third-order valence-corrected chi connectivity index (χ3v) is 4.32. The van der Waals surface area contributed by atoms with Crippen molar-refractivity contribution in [2.45, 2.75) is 13.0 Å². The van der Waals surface area contributed by atoms with Crippen LogP contribution in [0.3, 0.4) is 0 Å². The highest BCUT2D eigenvalue weighted by atomic mass is 32.2. The predicted molar refractivity (Wildman–Crippen MR) is 79.2 cm³/mol. The number of benzene rings is 1. The zero-order valence-corrected chi connectivity index (χ0v) is 11.9. The standard InChI is InChI=1S/C13H17N3O3S/c1-2-15-13(17)9-3-4-11(14)12(7-9)16-10-5-6-20(18,19)8-10/h3-7,10,16H,2,8,14H2,1H3,(H,15,17). The molecule has 0 saturated carbocycles. The summed E-state index contributed by atoms with van der Waals surface area (Å²) in [5.74, 6) is -0.192. The monoisotopic (exact) mass is 295 g/mol. The highest BCUT2D eigenvalue weighted by molar-refractivity contribution is 7.94. The van der Waals surface area contributed by atoms with Crippen molar-refractivity contribution >= 4 is 27.1 Å². The fraction of sp³-hybridized carbons (Fsp3) is 0.308. The van der Waals surface area contributed by atoms with Gasteiger partial charge in [0.05, 0.1) is 23.2 Å². The van der Waals surface area contributed by atoms with Gasteiger partial charge in [0.2, 0.25) is 0 Å². The number of sulfone groups is 1. The molecule has 0 saturated heterocycles. The van der Waals surface area contributed by atoms with Gasteiger partial charge in [-0.05, 0) is 25.1 Å². The molecule has 0 aromatic heterocycles. The molecule has 0 spiro atoms. The molecule has 0 radical (unpaired) electrons. The summed E-state index contributed by atoms with van der Waals surface area (Å²) in [4.78, 5) is 11.8. The molecule has 0 fully saturated rings. The van der Waals surface area contributed by atoms with Gasteiger partial charge in [0.25, 0.3) is 5.91 Å². The largest absolute Gasteiger partial charge is 0.397 e. The summed E-state index contributed by atoms with van der Waals surface area (Å²) in [7, 11) is -3.13. The number of hydrogen-bond donors (Lipinski definition) is 3. The smallest absolute Gasteiger partial charge is 0.251 e. The first-order valence-electron chi connectivity index (χ1n) is 6.26. The molecule has 1 aromatic carbocycles. The summed E-state index contributed by atoms with van der Waals surface area (Å²) < 4.78 is 22.7. The van der Waals surface area contributed by atoms with Crippen molar-refractivity contribution in [3.05, 3.63) is 35.2 Å². The van der Waals surface area contributed by atoms with Gasteiger partial charge in [-0.25, -0.2) is 8.42 Å². The first kappa shape index (κ1) is 14.4. The van der Waals surface area contributed by atoms with Crippen molar-refractivity contribution in [2.24, 2.45) is 0 Å². The SMILES string of the molecule is CCNC(=O)c1ccc(N)c(NC2C=CS(=O)(=O)C2)c1. The fourth-order valence-corrected chi connectivity index (χ4v) is 3.19. The second kappa shape index (κ2) is 5.54. The van der Waals surface area contributed by atoms with E-state index in [4.69, 9.17) is 5.73 Å². The zero-order valence-electron chi connectivity index (χ0n) is 11.1. The average Bonchev–Trinajstić information content (AvgIpc) is 2.72. The van der Waals surface area contributed by atoms with Crippen LogP contribution in [0, 0.1) is 0 Å². The molecule has 2 rings (SSSR count). The van der Waals surface area contributed by atoms with Gasteiger partial charge < -0.3 is 16.4 Å². The van der Waals surface area contributed by atoms with Crippen molar-refractivity contribution in [1.29, 1.82) is 0 Å². The van der Waals surface area contributed by atoms with Crippen molar-refractivity contribution in [1.82, 2.24) is 5.32 Å². The number of nitrogens with one attached hydrogen (secondary N) is 2. The van der Waals surface area contributed by atoms with E-state index in [9.17, 15) is 13.2 Å². The normalized spacial score (nSPS) is 19.8. The number of hydrogen-bond acceptors (Lipinski definition) is 5. The second-order valence-electron chi connectivity index (χ2n) is 4.57. The number of carbonyl (C=O) groups excluding carboxylic acids is 1. The molecule has 0 aliphatic carbocycles. The second-order valence-corrected chi connectivity index (χ2v) is 6.50. The van der Waals surface area contributed by atoms with E-state index in [2.05, 4.69) is 10.6 Å². The Morgan fingerprint density at radius 3 is 2.80 bits per heavy atom. The van der Waals surface area contributed by atoms with Crippen LogP contribution < -0.4 is 16.4 Å². The lowest BCUT2D eigenvalue weighted by Gasteiger charge is -2.15. The Balaban J connectivity index is 2.17. The predicted octanol–water partition coefficient (Wildman–Crippen LogP) is 0.741. The van der Waals surface area contributed by atoms with Crippen LogP contribution in [0.15, 0.2) is 29.7 Å². The number of rotatable bonds is 4. The molecule has 108 valence electrons. The molecular weight excluding hydrogens is 278 g/mol. The van der Waals surface area contributed by atoms with Crippen LogP contribution in [0.5, 0.6) is 0 Å². The molecule has 4 N–H and O–H groups in total. The van der Waals surface area contributed by atoms with Gasteiger partial charge in [-0.3, -0.25) is 4.79 Å². The van der Waals surface area contributed by atoms with Crippen LogP contribution in [-0.2, 0) is 9.84 Å². The molecule has 6 nitrogen and oxygen atoms in total. The Morgan fingerprint density at radius 1 is 1.45 bits per heavy atom. The highest BCUT2D eigenvalue weighted by Gasteiger charge is 2.22. The Bertz CT molecular complexity index is 653. The molecule has 0 bridgehead atoms. The molecule has 1 aliphatic rings. The quantitative estimate of drug-likeness (QED) is 0.711. The van der Waals surface area contributed by atoms with Crippen LogP contribution >= 0.6 is 0 Å². The summed E-state index contributed by atoms with van der Waals surface area (Å²) in [6.45, 7) is 2.37. The number of nitrogen functional groups attached to an aromatic ring is 1. The van der Waals surface area contributed by atoms with E-state index in [1.165, 1.54) is 5.41 Å². The number of nitrogens with two attached hydrogens (primary N) is 1. The molecule has 1 aromatic rings. The van der Waals surface area contributed by atoms with Gasteiger partial charge in [-0.2, -0.15) is 0 Å². The summed E-state index contributed by atoms with van der Waals surface area (Å²) in [5, 5.41) is 6.92. The molecule has 1 amide bonds. The van der Waals surface area contributed by atoms with Crippen molar-refractivity contribution < 1.29 is 13.2 Å². The third kappa shape index (κ3) is 3.30. The van der Waals surface area contributed by atoms with Gasteiger partial charge >= 0.3 is 0 Å². The van der Waals surface area contributed by atoms with Crippen LogP contribution in [0.4, 0.5) is 11.4 Å². The van der Waals surface area contributed by atoms with E-state index in [1.807, 2.05) is 6.92 Å². The fourth-order valence-electron chi connectivity index (χ4n) is 1.95. The average molecular weight is 295 g/mol. The van der Waals surface area contributed by atoms with E-state index < -0.39 is 9.84 Å².